The molecule has 4 heteroatoms. The summed E-state index contributed by atoms with van der Waals surface area (Å²) in [4.78, 5) is 7.20. The molecule has 0 bridgehead atoms. The van der Waals surface area contributed by atoms with E-state index in [4.69, 9.17) is 9.40 Å². The summed E-state index contributed by atoms with van der Waals surface area (Å²) in [6, 6.07) is 53.6. The van der Waals surface area contributed by atoms with Crippen LogP contribution in [0.15, 0.2) is 162 Å². The molecule has 212 valence electrons. The van der Waals surface area contributed by atoms with Crippen molar-refractivity contribution in [3.63, 3.8) is 0 Å². The Morgan fingerprint density at radius 2 is 1.11 bits per heavy atom. The van der Waals surface area contributed by atoms with Gasteiger partial charge in [0.15, 0.2) is 0 Å². The molecule has 3 heterocycles. The molecule has 45 heavy (non-hydrogen) atoms. The fourth-order valence-electron chi connectivity index (χ4n) is 6.46. The van der Waals surface area contributed by atoms with Crippen molar-refractivity contribution < 1.29 is 4.42 Å². The van der Waals surface area contributed by atoms with Gasteiger partial charge in [0.05, 0.1) is 16.8 Å². The second-order valence-electron chi connectivity index (χ2n) is 11.2. The third kappa shape index (κ3) is 4.30. The molecule has 3 nitrogen and oxygen atoms in total. The zero-order chi connectivity index (χ0) is 29.7. The van der Waals surface area contributed by atoms with Crippen LogP contribution in [0, 0.1) is 0 Å². The quantitative estimate of drug-likeness (QED) is 0.198. The SMILES string of the molecule is c1ccc(-c2ccc(N(c3ccc(-c4nccc5oc6ccccc6c45)cc3)c3cccc4sc5ccccc5c34)cc2)cc1. The maximum Gasteiger partial charge on any atom is 0.139 e. The second-order valence-corrected chi connectivity index (χ2v) is 12.3. The molecule has 0 aliphatic carbocycles. The standard InChI is InChI=1S/C41H26N2OS/c1-2-9-27(10-3-1)28-17-21-30(22-18-28)43(34-13-8-16-38-39(34)33-12-5-7-15-37(33)45-38)31-23-19-29(20-24-31)41-40-32-11-4-6-14-35(32)44-36(40)25-26-42-41/h1-26H. The Kier molecular flexibility index (Phi) is 6.00. The first-order valence-corrected chi connectivity index (χ1v) is 15.9. The highest BCUT2D eigenvalue weighted by Crippen LogP contribution is 2.45. The summed E-state index contributed by atoms with van der Waals surface area (Å²) in [5.74, 6) is 0. The molecular weight excluding hydrogens is 569 g/mol. The number of nitrogens with zero attached hydrogens (tertiary/aromatic N) is 2. The monoisotopic (exact) mass is 594 g/mol. The van der Waals surface area contributed by atoms with Crippen LogP contribution in [0.3, 0.4) is 0 Å². The third-order valence-corrected chi connectivity index (χ3v) is 9.68. The summed E-state index contributed by atoms with van der Waals surface area (Å²) >= 11 is 1.84. The van der Waals surface area contributed by atoms with Gasteiger partial charge in [-0.1, -0.05) is 97.1 Å². The Morgan fingerprint density at radius 1 is 0.467 bits per heavy atom. The van der Waals surface area contributed by atoms with E-state index in [0.29, 0.717) is 0 Å². The van der Waals surface area contributed by atoms with Crippen LogP contribution in [0.25, 0.3) is 64.5 Å². The lowest BCUT2D eigenvalue weighted by Crippen LogP contribution is -2.10. The van der Waals surface area contributed by atoms with Crippen LogP contribution >= 0.6 is 11.3 Å². The lowest BCUT2D eigenvalue weighted by molar-refractivity contribution is 0.668. The number of thiophene rings is 1. The van der Waals surface area contributed by atoms with E-state index in [0.717, 1.165) is 50.3 Å². The maximum atomic E-state index is 6.15. The highest BCUT2D eigenvalue weighted by molar-refractivity contribution is 7.26. The Hall–Kier alpha value is -5.71. The summed E-state index contributed by atoms with van der Waals surface area (Å²) in [7, 11) is 0. The van der Waals surface area contributed by atoms with E-state index in [1.54, 1.807) is 0 Å². The fourth-order valence-corrected chi connectivity index (χ4v) is 7.59. The topological polar surface area (TPSA) is 29.3 Å². The summed E-state index contributed by atoms with van der Waals surface area (Å²) in [5.41, 5.74) is 9.44. The van der Waals surface area contributed by atoms with Crippen LogP contribution in [0.1, 0.15) is 0 Å². The summed E-state index contributed by atoms with van der Waals surface area (Å²) in [5, 5.41) is 4.67. The van der Waals surface area contributed by atoms with E-state index >= 15 is 0 Å². The van der Waals surface area contributed by atoms with Gasteiger partial charge in [-0.25, -0.2) is 0 Å². The van der Waals surface area contributed by atoms with Gasteiger partial charge >= 0.3 is 0 Å². The molecule has 0 saturated heterocycles. The molecule has 6 aromatic carbocycles. The molecule has 9 rings (SSSR count). The number of benzene rings is 6. The van der Waals surface area contributed by atoms with Crippen LogP contribution in [-0.2, 0) is 0 Å². The van der Waals surface area contributed by atoms with Crippen molar-refractivity contribution >= 4 is 70.5 Å². The van der Waals surface area contributed by atoms with Gasteiger partial charge in [-0.15, -0.1) is 11.3 Å². The number of hydrogen-bond acceptors (Lipinski definition) is 4. The van der Waals surface area contributed by atoms with Crippen molar-refractivity contribution in [2.24, 2.45) is 0 Å². The second kappa shape index (κ2) is 10.5. The highest BCUT2D eigenvalue weighted by atomic mass is 32.1. The van der Waals surface area contributed by atoms with Gasteiger partial charge in [0.2, 0.25) is 0 Å². The Balaban J connectivity index is 1.21. The number of fused-ring (bicyclic) bond motifs is 6. The predicted molar refractivity (Wildman–Crippen MR) is 190 cm³/mol. The first-order valence-electron chi connectivity index (χ1n) is 15.0. The average Bonchev–Trinajstić information content (AvgIpc) is 3.68. The molecule has 0 N–H and O–H groups in total. The molecule has 0 radical (unpaired) electrons. The van der Waals surface area contributed by atoms with E-state index in [9.17, 15) is 0 Å². The number of hydrogen-bond donors (Lipinski definition) is 0. The highest BCUT2D eigenvalue weighted by Gasteiger charge is 2.19. The Morgan fingerprint density at radius 3 is 1.91 bits per heavy atom. The van der Waals surface area contributed by atoms with Crippen LogP contribution in [0.5, 0.6) is 0 Å². The molecule has 0 atom stereocenters. The Labute approximate surface area is 264 Å². The average molecular weight is 595 g/mol. The van der Waals surface area contributed by atoms with Crippen LogP contribution in [0.4, 0.5) is 17.1 Å². The minimum atomic E-state index is 0.849. The smallest absolute Gasteiger partial charge is 0.139 e. The van der Waals surface area contributed by atoms with E-state index in [2.05, 4.69) is 132 Å². The van der Waals surface area contributed by atoms with E-state index in [1.807, 2.05) is 41.8 Å². The molecular formula is C41H26N2OS. The zero-order valence-corrected chi connectivity index (χ0v) is 25.0. The number of furan rings is 1. The Bertz CT molecular complexity index is 2480. The summed E-state index contributed by atoms with van der Waals surface area (Å²) in [6.45, 7) is 0. The lowest BCUT2D eigenvalue weighted by Gasteiger charge is -2.27. The van der Waals surface area contributed by atoms with Gasteiger partial charge in [0, 0.05) is 48.7 Å². The van der Waals surface area contributed by atoms with Crippen molar-refractivity contribution in [3.05, 3.63) is 158 Å². The number of rotatable bonds is 5. The minimum Gasteiger partial charge on any atom is -0.456 e. The van der Waals surface area contributed by atoms with Gasteiger partial charge in [-0.05, 0) is 65.7 Å². The molecule has 0 amide bonds. The van der Waals surface area contributed by atoms with Crippen molar-refractivity contribution in [1.82, 2.24) is 4.98 Å². The van der Waals surface area contributed by atoms with E-state index in [-0.39, 0.29) is 0 Å². The number of anilines is 3. The van der Waals surface area contributed by atoms with Crippen molar-refractivity contribution in [3.8, 4) is 22.4 Å². The van der Waals surface area contributed by atoms with Gasteiger partial charge < -0.3 is 9.32 Å². The summed E-state index contributed by atoms with van der Waals surface area (Å²) in [6.07, 6.45) is 1.83. The first-order chi connectivity index (χ1) is 22.3. The van der Waals surface area contributed by atoms with E-state index in [1.165, 1.54) is 31.3 Å². The van der Waals surface area contributed by atoms with Crippen molar-refractivity contribution in [2.75, 3.05) is 4.90 Å². The predicted octanol–water partition coefficient (Wildman–Crippen LogP) is 12.2. The van der Waals surface area contributed by atoms with Gasteiger partial charge in [-0.3, -0.25) is 4.98 Å². The third-order valence-electron chi connectivity index (χ3n) is 8.54. The van der Waals surface area contributed by atoms with Crippen LogP contribution in [0.2, 0.25) is 0 Å². The molecule has 0 fully saturated rings. The molecule has 0 unspecified atom stereocenters. The largest absolute Gasteiger partial charge is 0.456 e. The van der Waals surface area contributed by atoms with Crippen molar-refractivity contribution in [1.29, 1.82) is 0 Å². The number of aromatic nitrogens is 1. The number of para-hydroxylation sites is 1. The summed E-state index contributed by atoms with van der Waals surface area (Å²) < 4.78 is 8.72. The first kappa shape index (κ1) is 25.8. The molecule has 0 saturated carbocycles. The van der Waals surface area contributed by atoms with Crippen LogP contribution < -0.4 is 4.90 Å². The maximum absolute atomic E-state index is 6.15. The van der Waals surface area contributed by atoms with Gasteiger partial charge in [0.25, 0.3) is 0 Å². The molecule has 0 spiro atoms. The van der Waals surface area contributed by atoms with Crippen LogP contribution in [-0.4, -0.2) is 4.98 Å². The van der Waals surface area contributed by atoms with Crippen molar-refractivity contribution in [2.45, 2.75) is 0 Å². The zero-order valence-electron chi connectivity index (χ0n) is 24.2. The minimum absolute atomic E-state index is 0.849. The normalized spacial score (nSPS) is 11.6. The molecule has 3 aromatic heterocycles. The van der Waals surface area contributed by atoms with Gasteiger partial charge in [0.1, 0.15) is 11.2 Å². The van der Waals surface area contributed by atoms with Gasteiger partial charge in [-0.2, -0.15) is 0 Å². The fraction of sp³-hybridized carbons (Fsp3) is 0. The number of pyridine rings is 1. The van der Waals surface area contributed by atoms with E-state index < -0.39 is 0 Å². The molecule has 9 aromatic rings. The lowest BCUT2D eigenvalue weighted by atomic mass is 10.0. The molecule has 0 aliphatic heterocycles. The molecule has 0 aliphatic rings.